The molecule has 0 rings (SSSR count). The van der Waals surface area contributed by atoms with E-state index in [1.54, 1.807) is 6.92 Å². The minimum absolute atomic E-state index is 0.247. The van der Waals surface area contributed by atoms with Crippen LogP contribution < -0.4 is 5.32 Å². The van der Waals surface area contributed by atoms with Gasteiger partial charge in [-0.25, -0.2) is 8.42 Å². The maximum absolute atomic E-state index is 11.3. The molecule has 0 aliphatic carbocycles. The Bertz CT molecular complexity index is 265. The van der Waals surface area contributed by atoms with E-state index < -0.39 is 9.84 Å². The van der Waals surface area contributed by atoms with Crippen LogP contribution >= 0.6 is 0 Å². The topological polar surface area (TPSA) is 55.4 Å². The fraction of sp³-hybridized carbons (Fsp3) is 1.00. The first-order chi connectivity index (χ1) is 8.05. The Kier molecular flexibility index (Phi) is 9.78. The summed E-state index contributed by atoms with van der Waals surface area (Å²) in [6, 6.07) is 0.360. The molecule has 0 heterocycles. The van der Waals surface area contributed by atoms with E-state index in [2.05, 4.69) is 12.2 Å². The molecule has 1 unspecified atom stereocenters. The first-order valence-electron chi connectivity index (χ1n) is 6.51. The second-order valence-corrected chi connectivity index (χ2v) is 6.74. The standard InChI is InChI=1S/C12H27NO3S/c1-4-9-16-10-8-12(13-3)7-6-11-17(14,15)5-2/h12-13H,4-11H2,1-3H3. The lowest BCUT2D eigenvalue weighted by molar-refractivity contribution is 0.124. The van der Waals surface area contributed by atoms with Crippen molar-refractivity contribution < 1.29 is 13.2 Å². The first kappa shape index (κ1) is 16.9. The molecule has 17 heavy (non-hydrogen) atoms. The molecule has 0 aromatic rings. The van der Waals surface area contributed by atoms with Crippen LogP contribution in [0.1, 0.15) is 39.5 Å². The number of hydrogen-bond donors (Lipinski definition) is 1. The molecule has 0 bridgehead atoms. The lowest BCUT2D eigenvalue weighted by Gasteiger charge is -2.15. The number of ether oxygens (including phenoxy) is 1. The fourth-order valence-corrected chi connectivity index (χ4v) is 2.49. The molecule has 0 aromatic carbocycles. The van der Waals surface area contributed by atoms with Gasteiger partial charge in [-0.3, -0.25) is 0 Å². The lowest BCUT2D eigenvalue weighted by Crippen LogP contribution is -2.27. The zero-order valence-electron chi connectivity index (χ0n) is 11.4. The zero-order chi connectivity index (χ0) is 13.1. The lowest BCUT2D eigenvalue weighted by atomic mass is 10.1. The molecule has 0 fully saturated rings. The van der Waals surface area contributed by atoms with Crippen molar-refractivity contribution in [2.75, 3.05) is 31.8 Å². The van der Waals surface area contributed by atoms with Crippen LogP contribution in [0, 0.1) is 0 Å². The van der Waals surface area contributed by atoms with Gasteiger partial charge in [0, 0.05) is 25.0 Å². The van der Waals surface area contributed by atoms with Gasteiger partial charge in [-0.05, 0) is 32.7 Å². The zero-order valence-corrected chi connectivity index (χ0v) is 12.2. The van der Waals surface area contributed by atoms with Gasteiger partial charge in [0.1, 0.15) is 9.84 Å². The molecule has 0 saturated heterocycles. The molecule has 1 N–H and O–H groups in total. The maximum atomic E-state index is 11.3. The smallest absolute Gasteiger partial charge is 0.150 e. The molecule has 0 spiro atoms. The Balaban J connectivity index is 3.68. The summed E-state index contributed by atoms with van der Waals surface area (Å²) in [6.45, 7) is 5.34. The van der Waals surface area contributed by atoms with Gasteiger partial charge in [-0.2, -0.15) is 0 Å². The van der Waals surface area contributed by atoms with Crippen molar-refractivity contribution in [3.05, 3.63) is 0 Å². The minimum atomic E-state index is -2.81. The summed E-state index contributed by atoms with van der Waals surface area (Å²) in [5.74, 6) is 0.550. The van der Waals surface area contributed by atoms with E-state index in [-0.39, 0.29) is 5.75 Å². The van der Waals surface area contributed by atoms with Crippen molar-refractivity contribution in [2.45, 2.75) is 45.6 Å². The molecule has 0 aliphatic heterocycles. The summed E-state index contributed by atoms with van der Waals surface area (Å²) in [5, 5.41) is 3.21. The van der Waals surface area contributed by atoms with E-state index in [9.17, 15) is 8.42 Å². The fourth-order valence-electron chi connectivity index (χ4n) is 1.60. The molecule has 4 nitrogen and oxygen atoms in total. The van der Waals surface area contributed by atoms with Gasteiger partial charge < -0.3 is 10.1 Å². The Morgan fingerprint density at radius 3 is 2.41 bits per heavy atom. The number of hydrogen-bond acceptors (Lipinski definition) is 4. The molecule has 0 saturated carbocycles. The molecule has 0 amide bonds. The quantitative estimate of drug-likeness (QED) is 0.577. The van der Waals surface area contributed by atoms with Crippen LogP contribution in [-0.4, -0.2) is 46.2 Å². The third kappa shape index (κ3) is 9.56. The molecule has 1 atom stereocenters. The van der Waals surface area contributed by atoms with Crippen LogP contribution in [0.4, 0.5) is 0 Å². The predicted molar refractivity (Wildman–Crippen MR) is 72.1 cm³/mol. The molecule has 0 aliphatic rings. The van der Waals surface area contributed by atoms with Crippen molar-refractivity contribution in [1.82, 2.24) is 5.32 Å². The molecule has 104 valence electrons. The molecule has 5 heteroatoms. The van der Waals surface area contributed by atoms with Gasteiger partial charge in [-0.15, -0.1) is 0 Å². The van der Waals surface area contributed by atoms with E-state index in [1.165, 1.54) is 0 Å². The SMILES string of the molecule is CCCOCCC(CCCS(=O)(=O)CC)NC. The number of nitrogens with one attached hydrogen (secondary N) is 1. The minimum Gasteiger partial charge on any atom is -0.381 e. The first-order valence-corrected chi connectivity index (χ1v) is 8.33. The van der Waals surface area contributed by atoms with Crippen LogP contribution in [0.2, 0.25) is 0 Å². The summed E-state index contributed by atoms with van der Waals surface area (Å²) < 4.78 is 28.1. The molecule has 0 aromatic heterocycles. The Labute approximate surface area is 106 Å². The van der Waals surface area contributed by atoms with Crippen molar-refractivity contribution in [1.29, 1.82) is 0 Å². The highest BCUT2D eigenvalue weighted by molar-refractivity contribution is 7.91. The van der Waals surface area contributed by atoms with Gasteiger partial charge in [-0.1, -0.05) is 13.8 Å². The van der Waals surface area contributed by atoms with Crippen LogP contribution in [0.3, 0.4) is 0 Å². The normalized spacial score (nSPS) is 13.8. The third-order valence-electron chi connectivity index (χ3n) is 2.82. The molecule has 0 radical (unpaired) electrons. The predicted octanol–water partition coefficient (Wildman–Crippen LogP) is 1.61. The van der Waals surface area contributed by atoms with Crippen LogP contribution in [0.25, 0.3) is 0 Å². The Morgan fingerprint density at radius 1 is 1.18 bits per heavy atom. The van der Waals surface area contributed by atoms with Crippen molar-refractivity contribution in [3.63, 3.8) is 0 Å². The average Bonchev–Trinajstić information content (AvgIpc) is 2.32. The Hall–Kier alpha value is -0.130. The van der Waals surface area contributed by atoms with Crippen molar-refractivity contribution in [3.8, 4) is 0 Å². The number of sulfone groups is 1. The third-order valence-corrected chi connectivity index (χ3v) is 4.61. The van der Waals surface area contributed by atoms with Crippen molar-refractivity contribution in [2.24, 2.45) is 0 Å². The highest BCUT2D eigenvalue weighted by Crippen LogP contribution is 2.05. The van der Waals surface area contributed by atoms with Gasteiger partial charge >= 0.3 is 0 Å². The van der Waals surface area contributed by atoms with Gasteiger partial charge in [0.15, 0.2) is 0 Å². The summed E-state index contributed by atoms with van der Waals surface area (Å²) in [6.07, 6.45) is 3.61. The largest absolute Gasteiger partial charge is 0.381 e. The van der Waals surface area contributed by atoms with E-state index in [0.717, 1.165) is 38.9 Å². The molecular weight excluding hydrogens is 238 g/mol. The van der Waals surface area contributed by atoms with E-state index >= 15 is 0 Å². The van der Waals surface area contributed by atoms with Gasteiger partial charge in [0.2, 0.25) is 0 Å². The van der Waals surface area contributed by atoms with Crippen LogP contribution in [0.5, 0.6) is 0 Å². The Morgan fingerprint density at radius 2 is 1.88 bits per heavy atom. The van der Waals surface area contributed by atoms with E-state index in [0.29, 0.717) is 11.8 Å². The second-order valence-electron chi connectivity index (χ2n) is 4.27. The highest BCUT2D eigenvalue weighted by atomic mass is 32.2. The summed E-state index contributed by atoms with van der Waals surface area (Å²) in [7, 11) is -0.896. The highest BCUT2D eigenvalue weighted by Gasteiger charge is 2.10. The van der Waals surface area contributed by atoms with E-state index in [1.807, 2.05) is 7.05 Å². The van der Waals surface area contributed by atoms with E-state index in [4.69, 9.17) is 4.74 Å². The summed E-state index contributed by atoms with van der Waals surface area (Å²) >= 11 is 0. The maximum Gasteiger partial charge on any atom is 0.150 e. The van der Waals surface area contributed by atoms with Crippen LogP contribution in [-0.2, 0) is 14.6 Å². The van der Waals surface area contributed by atoms with Gasteiger partial charge in [0.25, 0.3) is 0 Å². The number of rotatable bonds is 11. The summed E-state index contributed by atoms with van der Waals surface area (Å²) in [5.41, 5.74) is 0. The van der Waals surface area contributed by atoms with Crippen LogP contribution in [0.15, 0.2) is 0 Å². The van der Waals surface area contributed by atoms with Crippen molar-refractivity contribution >= 4 is 9.84 Å². The summed E-state index contributed by atoms with van der Waals surface area (Å²) in [4.78, 5) is 0. The van der Waals surface area contributed by atoms with Gasteiger partial charge in [0.05, 0.1) is 5.75 Å². The molecular formula is C12H27NO3S. The average molecular weight is 265 g/mol. The monoisotopic (exact) mass is 265 g/mol. The second kappa shape index (κ2) is 9.85.